The molecule has 1 amide bonds. The molecular weight excluding hydrogens is 326 g/mol. The van der Waals surface area contributed by atoms with Crippen LogP contribution >= 0.6 is 0 Å². The van der Waals surface area contributed by atoms with Crippen molar-refractivity contribution < 1.29 is 4.79 Å². The Morgan fingerprint density at radius 1 is 1.15 bits per heavy atom. The van der Waals surface area contributed by atoms with Gasteiger partial charge in [0.05, 0.1) is 11.6 Å². The number of amides is 1. The van der Waals surface area contributed by atoms with Crippen LogP contribution in [-0.2, 0) is 7.05 Å². The second-order valence-electron chi connectivity index (χ2n) is 6.42. The second kappa shape index (κ2) is 7.35. The van der Waals surface area contributed by atoms with E-state index in [4.69, 9.17) is 0 Å². The first-order chi connectivity index (χ1) is 12.5. The quantitative estimate of drug-likeness (QED) is 0.789. The molecule has 0 aliphatic rings. The minimum atomic E-state index is -0.325. The molecule has 0 spiro atoms. The molecule has 1 atom stereocenters. The molecule has 5 nitrogen and oxygen atoms in total. The summed E-state index contributed by atoms with van der Waals surface area (Å²) in [5, 5.41) is 3.08. The smallest absolute Gasteiger partial charge is 0.253 e. The lowest BCUT2D eigenvalue weighted by molar-refractivity contribution is 0.0942. The van der Waals surface area contributed by atoms with E-state index in [9.17, 15) is 9.59 Å². The highest BCUT2D eigenvalue weighted by atomic mass is 16.2. The molecular formula is C21H21N3O2. The highest BCUT2D eigenvalue weighted by Crippen LogP contribution is 2.25. The SMILES string of the molecule is Cc1ccc([C@@H](NC(=O)c2ccc(=O)n(C)c2)c2cccnc2)c(C)c1. The van der Waals surface area contributed by atoms with Crippen molar-refractivity contribution >= 4 is 5.91 Å². The Hall–Kier alpha value is -3.21. The number of pyridine rings is 2. The van der Waals surface area contributed by atoms with Crippen LogP contribution in [-0.4, -0.2) is 15.5 Å². The van der Waals surface area contributed by atoms with Crippen LogP contribution in [0.15, 0.2) is 65.8 Å². The highest BCUT2D eigenvalue weighted by molar-refractivity contribution is 5.94. The number of aromatic nitrogens is 2. The van der Waals surface area contributed by atoms with Gasteiger partial charge in [-0.1, -0.05) is 29.8 Å². The molecule has 0 bridgehead atoms. The Bertz CT molecular complexity index is 994. The van der Waals surface area contributed by atoms with Gasteiger partial charge in [0, 0.05) is 31.7 Å². The van der Waals surface area contributed by atoms with Gasteiger partial charge in [-0.05, 0) is 42.7 Å². The number of hydrogen-bond donors (Lipinski definition) is 1. The number of nitrogens with one attached hydrogen (secondary N) is 1. The first-order valence-corrected chi connectivity index (χ1v) is 8.40. The summed E-state index contributed by atoms with van der Waals surface area (Å²) in [5.74, 6) is -0.241. The van der Waals surface area contributed by atoms with Crippen molar-refractivity contribution in [2.75, 3.05) is 0 Å². The van der Waals surface area contributed by atoms with Crippen LogP contribution < -0.4 is 10.9 Å². The molecule has 0 fully saturated rings. The van der Waals surface area contributed by atoms with Gasteiger partial charge in [0.25, 0.3) is 5.91 Å². The monoisotopic (exact) mass is 347 g/mol. The number of hydrogen-bond acceptors (Lipinski definition) is 3. The number of aryl methyl sites for hydroxylation is 3. The third kappa shape index (κ3) is 3.72. The summed E-state index contributed by atoms with van der Waals surface area (Å²) in [7, 11) is 1.63. The summed E-state index contributed by atoms with van der Waals surface area (Å²) in [6, 6.07) is 12.6. The predicted molar refractivity (Wildman–Crippen MR) is 101 cm³/mol. The van der Waals surface area contributed by atoms with E-state index in [1.165, 1.54) is 16.2 Å². The third-order valence-corrected chi connectivity index (χ3v) is 4.38. The molecule has 0 saturated carbocycles. The maximum absolute atomic E-state index is 12.8. The first kappa shape index (κ1) is 17.6. The number of benzene rings is 1. The summed E-state index contributed by atoms with van der Waals surface area (Å²) < 4.78 is 1.39. The fourth-order valence-electron chi connectivity index (χ4n) is 2.98. The average Bonchev–Trinajstić information content (AvgIpc) is 2.63. The van der Waals surface area contributed by atoms with Gasteiger partial charge in [0.2, 0.25) is 5.56 Å². The molecule has 0 aliphatic carbocycles. The van der Waals surface area contributed by atoms with Crippen LogP contribution in [0.1, 0.15) is 38.7 Å². The fourth-order valence-corrected chi connectivity index (χ4v) is 2.98. The van der Waals surface area contributed by atoms with E-state index < -0.39 is 0 Å². The molecule has 0 saturated heterocycles. The Morgan fingerprint density at radius 2 is 1.96 bits per heavy atom. The van der Waals surface area contributed by atoms with E-state index >= 15 is 0 Å². The molecule has 2 heterocycles. The summed E-state index contributed by atoms with van der Waals surface area (Å²) in [6.07, 6.45) is 5.00. The van der Waals surface area contributed by atoms with Crippen LogP contribution in [0, 0.1) is 13.8 Å². The van der Waals surface area contributed by atoms with Crippen LogP contribution in [0.2, 0.25) is 0 Å². The van der Waals surface area contributed by atoms with Crippen LogP contribution in [0.5, 0.6) is 0 Å². The Kier molecular flexibility index (Phi) is 4.98. The predicted octanol–water partition coefficient (Wildman–Crippen LogP) is 2.92. The molecule has 132 valence electrons. The summed E-state index contributed by atoms with van der Waals surface area (Å²) in [4.78, 5) is 28.5. The maximum Gasteiger partial charge on any atom is 0.253 e. The molecule has 5 heteroatoms. The molecule has 0 radical (unpaired) electrons. The fraction of sp³-hybridized carbons (Fsp3) is 0.190. The molecule has 3 rings (SSSR count). The van der Waals surface area contributed by atoms with E-state index in [0.717, 1.165) is 16.7 Å². The lowest BCUT2D eigenvalue weighted by Crippen LogP contribution is -2.31. The number of nitrogens with zero attached hydrogens (tertiary/aromatic N) is 2. The van der Waals surface area contributed by atoms with Gasteiger partial charge in [-0.25, -0.2) is 0 Å². The Morgan fingerprint density at radius 3 is 2.62 bits per heavy atom. The van der Waals surface area contributed by atoms with Crippen LogP contribution in [0.25, 0.3) is 0 Å². The minimum absolute atomic E-state index is 0.153. The normalized spacial score (nSPS) is 11.8. The lowest BCUT2D eigenvalue weighted by Gasteiger charge is -2.22. The summed E-state index contributed by atoms with van der Waals surface area (Å²) in [5.41, 5.74) is 4.46. The van der Waals surface area contributed by atoms with Gasteiger partial charge in [-0.15, -0.1) is 0 Å². The zero-order valence-electron chi connectivity index (χ0n) is 15.1. The largest absolute Gasteiger partial charge is 0.341 e. The minimum Gasteiger partial charge on any atom is -0.341 e. The Balaban J connectivity index is 1.99. The van der Waals surface area contributed by atoms with E-state index in [-0.39, 0.29) is 17.5 Å². The molecule has 2 aromatic heterocycles. The van der Waals surface area contributed by atoms with Gasteiger partial charge in [-0.3, -0.25) is 14.6 Å². The zero-order valence-corrected chi connectivity index (χ0v) is 15.1. The highest BCUT2D eigenvalue weighted by Gasteiger charge is 2.20. The van der Waals surface area contributed by atoms with Crippen molar-refractivity contribution in [1.29, 1.82) is 0 Å². The molecule has 26 heavy (non-hydrogen) atoms. The molecule has 1 N–H and O–H groups in total. The van der Waals surface area contributed by atoms with Crippen LogP contribution in [0.4, 0.5) is 0 Å². The van der Waals surface area contributed by atoms with Crippen molar-refractivity contribution in [3.05, 3.63) is 99.2 Å². The maximum atomic E-state index is 12.8. The number of rotatable bonds is 4. The average molecular weight is 347 g/mol. The van der Waals surface area contributed by atoms with Gasteiger partial charge in [0.1, 0.15) is 0 Å². The van der Waals surface area contributed by atoms with Crippen molar-refractivity contribution in [3.63, 3.8) is 0 Å². The van der Waals surface area contributed by atoms with Crippen molar-refractivity contribution in [2.45, 2.75) is 19.9 Å². The van der Waals surface area contributed by atoms with E-state index in [1.54, 1.807) is 31.7 Å². The Labute approximate surface area is 152 Å². The number of carbonyl (C=O) groups is 1. The van der Waals surface area contributed by atoms with Crippen molar-refractivity contribution in [1.82, 2.24) is 14.9 Å². The molecule has 1 aromatic carbocycles. The molecule has 0 aliphatic heterocycles. The van der Waals surface area contributed by atoms with Gasteiger partial charge < -0.3 is 9.88 Å². The zero-order chi connectivity index (χ0) is 18.7. The van der Waals surface area contributed by atoms with E-state index in [2.05, 4.69) is 16.4 Å². The van der Waals surface area contributed by atoms with E-state index in [0.29, 0.717) is 5.56 Å². The summed E-state index contributed by atoms with van der Waals surface area (Å²) >= 11 is 0. The standard InChI is InChI=1S/C21H21N3O2/c1-14-6-8-18(15(2)11-14)20(16-5-4-10-22-12-16)23-21(26)17-7-9-19(25)24(3)13-17/h4-13,20H,1-3H3,(H,23,26)/t20-/m0/s1. The van der Waals surface area contributed by atoms with Gasteiger partial charge in [-0.2, -0.15) is 0 Å². The number of carbonyl (C=O) groups excluding carboxylic acids is 1. The van der Waals surface area contributed by atoms with Crippen molar-refractivity contribution in [2.24, 2.45) is 7.05 Å². The van der Waals surface area contributed by atoms with E-state index in [1.807, 2.05) is 38.1 Å². The van der Waals surface area contributed by atoms with Crippen molar-refractivity contribution in [3.8, 4) is 0 Å². The first-order valence-electron chi connectivity index (χ1n) is 8.40. The van der Waals surface area contributed by atoms with Crippen LogP contribution in [0.3, 0.4) is 0 Å². The second-order valence-corrected chi connectivity index (χ2v) is 6.42. The lowest BCUT2D eigenvalue weighted by atomic mass is 9.94. The third-order valence-electron chi connectivity index (χ3n) is 4.38. The van der Waals surface area contributed by atoms with Gasteiger partial charge in [0.15, 0.2) is 0 Å². The summed E-state index contributed by atoms with van der Waals surface area (Å²) in [6.45, 7) is 4.07. The topological polar surface area (TPSA) is 64.0 Å². The molecule has 3 aromatic rings. The molecule has 0 unspecified atom stereocenters. The van der Waals surface area contributed by atoms with Gasteiger partial charge >= 0.3 is 0 Å².